The highest BCUT2D eigenvalue weighted by molar-refractivity contribution is 7.92. The van der Waals surface area contributed by atoms with Gasteiger partial charge in [-0.15, -0.1) is 0 Å². The molecule has 3 rings (SSSR count). The Morgan fingerprint density at radius 1 is 1.00 bits per heavy atom. The number of nitrogens with one attached hydrogen (secondary N) is 1. The summed E-state index contributed by atoms with van der Waals surface area (Å²) in [5.74, 6) is 0. The minimum atomic E-state index is -3.33. The molecule has 0 heterocycles. The molecular formula is C16H17NO2S. The summed E-state index contributed by atoms with van der Waals surface area (Å²) < 4.78 is 25.7. The number of hydrogen-bond donors (Lipinski definition) is 1. The zero-order valence-electron chi connectivity index (χ0n) is 11.3. The number of sulfone groups is 1. The van der Waals surface area contributed by atoms with Crippen LogP contribution in [-0.2, 0) is 16.3 Å². The highest BCUT2D eigenvalue weighted by Crippen LogP contribution is 2.37. The second-order valence-corrected chi connectivity index (χ2v) is 7.23. The van der Waals surface area contributed by atoms with Crippen LogP contribution in [0.1, 0.15) is 17.2 Å². The normalized spacial score (nSPS) is 21.6. The van der Waals surface area contributed by atoms with E-state index in [1.165, 1.54) is 0 Å². The SMILES string of the molecule is CNC1c2ccccc2CC1S(=O)(=O)c1ccccc1. The second kappa shape index (κ2) is 5.04. The van der Waals surface area contributed by atoms with Crippen LogP contribution < -0.4 is 5.32 Å². The molecule has 104 valence electrons. The van der Waals surface area contributed by atoms with E-state index >= 15 is 0 Å². The molecule has 20 heavy (non-hydrogen) atoms. The van der Waals surface area contributed by atoms with Crippen molar-refractivity contribution >= 4 is 9.84 Å². The lowest BCUT2D eigenvalue weighted by Gasteiger charge is -2.20. The average Bonchev–Trinajstić information content (AvgIpc) is 2.87. The highest BCUT2D eigenvalue weighted by Gasteiger charge is 2.40. The number of hydrogen-bond acceptors (Lipinski definition) is 3. The van der Waals surface area contributed by atoms with Gasteiger partial charge in [-0.1, -0.05) is 42.5 Å². The van der Waals surface area contributed by atoms with Crippen molar-refractivity contribution in [3.8, 4) is 0 Å². The van der Waals surface area contributed by atoms with Crippen molar-refractivity contribution in [1.29, 1.82) is 0 Å². The van der Waals surface area contributed by atoms with E-state index in [0.717, 1.165) is 11.1 Å². The minimum Gasteiger partial charge on any atom is -0.312 e. The van der Waals surface area contributed by atoms with Crippen molar-refractivity contribution in [3.05, 3.63) is 65.7 Å². The maximum Gasteiger partial charge on any atom is 0.183 e. The Bertz CT molecular complexity index is 710. The standard InChI is InChI=1S/C16H17NO2S/c1-17-16-14-10-6-5-7-12(14)11-15(16)20(18,19)13-8-3-2-4-9-13/h2-10,15-17H,11H2,1H3. The van der Waals surface area contributed by atoms with Gasteiger partial charge in [0.15, 0.2) is 9.84 Å². The Balaban J connectivity index is 2.04. The second-order valence-electron chi connectivity index (χ2n) is 5.07. The molecular weight excluding hydrogens is 270 g/mol. The van der Waals surface area contributed by atoms with E-state index in [1.54, 1.807) is 24.3 Å². The quantitative estimate of drug-likeness (QED) is 0.942. The van der Waals surface area contributed by atoms with Gasteiger partial charge in [-0.3, -0.25) is 0 Å². The van der Waals surface area contributed by atoms with Gasteiger partial charge in [0, 0.05) is 6.04 Å². The van der Waals surface area contributed by atoms with Crippen molar-refractivity contribution in [2.75, 3.05) is 7.05 Å². The number of benzene rings is 2. The first-order valence-corrected chi connectivity index (χ1v) is 8.23. The Labute approximate surface area is 119 Å². The Morgan fingerprint density at radius 3 is 2.35 bits per heavy atom. The van der Waals surface area contributed by atoms with Crippen molar-refractivity contribution in [2.45, 2.75) is 22.6 Å². The summed E-state index contributed by atoms with van der Waals surface area (Å²) in [6.07, 6.45) is 0.568. The zero-order chi connectivity index (χ0) is 14.2. The average molecular weight is 287 g/mol. The Hall–Kier alpha value is -1.65. The van der Waals surface area contributed by atoms with Crippen LogP contribution in [-0.4, -0.2) is 20.7 Å². The smallest absolute Gasteiger partial charge is 0.183 e. The molecule has 0 amide bonds. The third kappa shape index (κ3) is 2.05. The van der Waals surface area contributed by atoms with Crippen LogP contribution in [0.5, 0.6) is 0 Å². The van der Waals surface area contributed by atoms with Gasteiger partial charge in [0.25, 0.3) is 0 Å². The molecule has 0 fully saturated rings. The van der Waals surface area contributed by atoms with Crippen LogP contribution in [0.4, 0.5) is 0 Å². The molecule has 1 N–H and O–H groups in total. The third-order valence-electron chi connectivity index (χ3n) is 3.96. The molecule has 4 heteroatoms. The van der Waals surface area contributed by atoms with Crippen molar-refractivity contribution in [3.63, 3.8) is 0 Å². The molecule has 0 bridgehead atoms. The summed E-state index contributed by atoms with van der Waals surface area (Å²) in [6.45, 7) is 0. The summed E-state index contributed by atoms with van der Waals surface area (Å²) in [5.41, 5.74) is 2.22. The molecule has 1 aliphatic rings. The van der Waals surface area contributed by atoms with Crippen LogP contribution in [0.15, 0.2) is 59.5 Å². The molecule has 1 aliphatic carbocycles. The van der Waals surface area contributed by atoms with Gasteiger partial charge in [-0.05, 0) is 36.7 Å². The molecule has 0 saturated heterocycles. The Kier molecular flexibility index (Phi) is 3.36. The lowest BCUT2D eigenvalue weighted by molar-refractivity contribution is 0.536. The van der Waals surface area contributed by atoms with E-state index < -0.39 is 15.1 Å². The van der Waals surface area contributed by atoms with E-state index in [-0.39, 0.29) is 6.04 Å². The molecule has 2 unspecified atom stereocenters. The van der Waals surface area contributed by atoms with E-state index in [9.17, 15) is 8.42 Å². The van der Waals surface area contributed by atoms with E-state index in [0.29, 0.717) is 11.3 Å². The first-order valence-electron chi connectivity index (χ1n) is 6.68. The maximum absolute atomic E-state index is 12.8. The molecule has 2 atom stereocenters. The predicted molar refractivity (Wildman–Crippen MR) is 79.4 cm³/mol. The predicted octanol–water partition coefficient (Wildman–Crippen LogP) is 2.35. The fraction of sp³-hybridized carbons (Fsp3) is 0.250. The molecule has 0 aromatic heterocycles. The fourth-order valence-corrected chi connectivity index (χ4v) is 4.90. The maximum atomic E-state index is 12.8. The summed E-state index contributed by atoms with van der Waals surface area (Å²) in [4.78, 5) is 0.401. The summed E-state index contributed by atoms with van der Waals surface area (Å²) >= 11 is 0. The highest BCUT2D eigenvalue weighted by atomic mass is 32.2. The van der Waals surface area contributed by atoms with Gasteiger partial charge < -0.3 is 5.32 Å². The lowest BCUT2D eigenvalue weighted by Crippen LogP contribution is -2.32. The molecule has 2 aromatic rings. The molecule has 0 aliphatic heterocycles. The topological polar surface area (TPSA) is 46.2 Å². The van der Waals surface area contributed by atoms with Crippen LogP contribution >= 0.6 is 0 Å². The molecule has 0 spiro atoms. The van der Waals surface area contributed by atoms with Crippen molar-refractivity contribution in [1.82, 2.24) is 5.32 Å². The first-order chi connectivity index (χ1) is 9.64. The lowest BCUT2D eigenvalue weighted by atomic mass is 10.1. The molecule has 0 radical (unpaired) electrons. The van der Waals surface area contributed by atoms with Crippen molar-refractivity contribution < 1.29 is 8.42 Å². The largest absolute Gasteiger partial charge is 0.312 e. The van der Waals surface area contributed by atoms with Crippen LogP contribution in [0.25, 0.3) is 0 Å². The van der Waals surface area contributed by atoms with E-state index in [4.69, 9.17) is 0 Å². The van der Waals surface area contributed by atoms with E-state index in [1.807, 2.05) is 37.4 Å². The monoisotopic (exact) mass is 287 g/mol. The van der Waals surface area contributed by atoms with Gasteiger partial charge in [-0.25, -0.2) is 8.42 Å². The Morgan fingerprint density at radius 2 is 1.65 bits per heavy atom. The molecule has 2 aromatic carbocycles. The number of fused-ring (bicyclic) bond motifs is 1. The van der Waals surface area contributed by atoms with Gasteiger partial charge in [0.05, 0.1) is 10.1 Å². The minimum absolute atomic E-state index is 0.142. The summed E-state index contributed by atoms with van der Waals surface area (Å²) in [5, 5.41) is 2.73. The number of rotatable bonds is 3. The molecule has 0 saturated carbocycles. The van der Waals surface area contributed by atoms with Crippen molar-refractivity contribution in [2.24, 2.45) is 0 Å². The van der Waals surface area contributed by atoms with Crippen LogP contribution in [0.2, 0.25) is 0 Å². The van der Waals surface area contributed by atoms with Crippen LogP contribution in [0.3, 0.4) is 0 Å². The fourth-order valence-electron chi connectivity index (χ4n) is 2.97. The zero-order valence-corrected chi connectivity index (χ0v) is 12.1. The third-order valence-corrected chi connectivity index (χ3v) is 6.13. The molecule has 3 nitrogen and oxygen atoms in total. The van der Waals surface area contributed by atoms with Gasteiger partial charge >= 0.3 is 0 Å². The first kappa shape index (κ1) is 13.3. The van der Waals surface area contributed by atoms with Gasteiger partial charge in [-0.2, -0.15) is 0 Å². The van der Waals surface area contributed by atoms with Gasteiger partial charge in [0.2, 0.25) is 0 Å². The van der Waals surface area contributed by atoms with Crippen LogP contribution in [0, 0.1) is 0 Å². The van der Waals surface area contributed by atoms with Gasteiger partial charge in [0.1, 0.15) is 0 Å². The van der Waals surface area contributed by atoms with E-state index in [2.05, 4.69) is 5.32 Å². The summed E-state index contributed by atoms with van der Waals surface area (Å²) in [7, 11) is -1.51. The summed E-state index contributed by atoms with van der Waals surface area (Å²) in [6, 6.07) is 16.5.